The van der Waals surface area contributed by atoms with Gasteiger partial charge < -0.3 is 15.8 Å². The maximum atomic E-state index is 13.6. The van der Waals surface area contributed by atoms with Crippen LogP contribution < -0.4 is 15.8 Å². The standard InChI is InChI=1S/C10H10F2N2O2/c1-4-5(11)2-7-9(8(4)12)14-10(15)6(13)3-16-7/h2,6H,3,13H2,1H3,(H,14,15). The molecule has 0 bridgehead atoms. The van der Waals surface area contributed by atoms with E-state index in [9.17, 15) is 13.6 Å². The van der Waals surface area contributed by atoms with Crippen LogP contribution in [0.2, 0.25) is 0 Å². The van der Waals surface area contributed by atoms with E-state index in [4.69, 9.17) is 10.5 Å². The number of halogens is 2. The number of carbonyl (C=O) groups excluding carboxylic acids is 1. The predicted octanol–water partition coefficient (Wildman–Crippen LogP) is 0.931. The monoisotopic (exact) mass is 228 g/mol. The summed E-state index contributed by atoms with van der Waals surface area (Å²) in [5, 5.41) is 2.28. The summed E-state index contributed by atoms with van der Waals surface area (Å²) in [4.78, 5) is 11.3. The number of amides is 1. The molecule has 1 atom stereocenters. The van der Waals surface area contributed by atoms with E-state index >= 15 is 0 Å². The summed E-state index contributed by atoms with van der Waals surface area (Å²) in [6.45, 7) is 1.17. The number of anilines is 1. The highest BCUT2D eigenvalue weighted by atomic mass is 19.1. The van der Waals surface area contributed by atoms with Crippen LogP contribution in [0.15, 0.2) is 6.07 Å². The van der Waals surface area contributed by atoms with E-state index in [2.05, 4.69) is 5.32 Å². The van der Waals surface area contributed by atoms with E-state index in [1.54, 1.807) is 0 Å². The fourth-order valence-electron chi connectivity index (χ4n) is 1.40. The van der Waals surface area contributed by atoms with Gasteiger partial charge >= 0.3 is 0 Å². The summed E-state index contributed by atoms with van der Waals surface area (Å²) in [6, 6.07) is 0.140. The molecule has 1 aliphatic rings. The molecule has 86 valence electrons. The number of nitrogens with two attached hydrogens (primary N) is 1. The number of hydrogen-bond donors (Lipinski definition) is 2. The van der Waals surface area contributed by atoms with Gasteiger partial charge in [-0.05, 0) is 6.92 Å². The van der Waals surface area contributed by atoms with Crippen molar-refractivity contribution in [2.45, 2.75) is 13.0 Å². The molecule has 0 saturated carbocycles. The van der Waals surface area contributed by atoms with Gasteiger partial charge in [-0.3, -0.25) is 4.79 Å². The van der Waals surface area contributed by atoms with E-state index in [0.717, 1.165) is 6.07 Å². The first-order valence-corrected chi connectivity index (χ1v) is 4.68. The maximum Gasteiger partial charge on any atom is 0.244 e. The van der Waals surface area contributed by atoms with Crippen LogP contribution in [0.4, 0.5) is 14.5 Å². The van der Waals surface area contributed by atoms with Gasteiger partial charge in [-0.15, -0.1) is 0 Å². The van der Waals surface area contributed by atoms with Crippen molar-refractivity contribution in [1.82, 2.24) is 0 Å². The number of fused-ring (bicyclic) bond motifs is 1. The second-order valence-corrected chi connectivity index (χ2v) is 3.58. The lowest BCUT2D eigenvalue weighted by molar-refractivity contribution is -0.117. The zero-order chi connectivity index (χ0) is 11.9. The molecule has 1 aromatic carbocycles. The number of hydrogen-bond acceptors (Lipinski definition) is 3. The fourth-order valence-corrected chi connectivity index (χ4v) is 1.40. The Hall–Kier alpha value is -1.69. The highest BCUT2D eigenvalue weighted by Crippen LogP contribution is 2.33. The Balaban J connectivity index is 2.54. The molecule has 0 saturated heterocycles. The van der Waals surface area contributed by atoms with Gasteiger partial charge in [0.1, 0.15) is 29.9 Å². The number of rotatable bonds is 0. The molecule has 4 nitrogen and oxygen atoms in total. The Morgan fingerprint density at radius 3 is 2.94 bits per heavy atom. The zero-order valence-corrected chi connectivity index (χ0v) is 8.51. The van der Waals surface area contributed by atoms with Crippen molar-refractivity contribution >= 4 is 11.6 Å². The minimum absolute atomic E-state index is 0.0399. The van der Waals surface area contributed by atoms with Gasteiger partial charge in [-0.25, -0.2) is 8.78 Å². The summed E-state index contributed by atoms with van der Waals surface area (Å²) in [6.07, 6.45) is 0. The highest BCUT2D eigenvalue weighted by molar-refractivity contribution is 5.97. The minimum atomic E-state index is -0.893. The topological polar surface area (TPSA) is 64.4 Å². The van der Waals surface area contributed by atoms with Gasteiger partial charge in [0.2, 0.25) is 5.91 Å². The Kier molecular flexibility index (Phi) is 2.51. The predicted molar refractivity (Wildman–Crippen MR) is 53.2 cm³/mol. The van der Waals surface area contributed by atoms with Crippen molar-refractivity contribution in [3.63, 3.8) is 0 Å². The van der Waals surface area contributed by atoms with Crippen LogP contribution in [-0.4, -0.2) is 18.6 Å². The SMILES string of the molecule is Cc1c(F)cc2c(c1F)NC(=O)C(N)CO2. The Bertz CT molecular complexity index is 463. The molecular formula is C10H10F2N2O2. The van der Waals surface area contributed by atoms with E-state index in [0.29, 0.717) is 0 Å². The van der Waals surface area contributed by atoms with Crippen LogP contribution in [-0.2, 0) is 4.79 Å². The van der Waals surface area contributed by atoms with Crippen LogP contribution >= 0.6 is 0 Å². The molecule has 0 aliphatic carbocycles. The van der Waals surface area contributed by atoms with E-state index in [1.807, 2.05) is 0 Å². The maximum absolute atomic E-state index is 13.6. The Morgan fingerprint density at radius 1 is 1.56 bits per heavy atom. The van der Waals surface area contributed by atoms with E-state index < -0.39 is 23.6 Å². The van der Waals surface area contributed by atoms with Crippen LogP contribution in [0.25, 0.3) is 0 Å². The molecule has 0 aromatic heterocycles. The van der Waals surface area contributed by atoms with Crippen molar-refractivity contribution in [1.29, 1.82) is 0 Å². The van der Waals surface area contributed by atoms with Gasteiger partial charge in [-0.1, -0.05) is 0 Å². The van der Waals surface area contributed by atoms with Crippen molar-refractivity contribution in [2.24, 2.45) is 5.73 Å². The number of nitrogens with one attached hydrogen (secondary N) is 1. The third kappa shape index (κ3) is 1.61. The van der Waals surface area contributed by atoms with Gasteiger partial charge in [-0.2, -0.15) is 0 Å². The third-order valence-corrected chi connectivity index (χ3v) is 2.41. The molecular weight excluding hydrogens is 218 g/mol. The quantitative estimate of drug-likeness (QED) is 0.694. The normalized spacial score (nSPS) is 19.5. The van der Waals surface area contributed by atoms with Crippen molar-refractivity contribution < 1.29 is 18.3 Å². The number of benzene rings is 1. The molecule has 0 spiro atoms. The van der Waals surface area contributed by atoms with Crippen LogP contribution in [0.1, 0.15) is 5.56 Å². The van der Waals surface area contributed by atoms with Gasteiger partial charge in [0.15, 0.2) is 5.82 Å². The lowest BCUT2D eigenvalue weighted by Gasteiger charge is -2.10. The Labute approximate surface area is 90.4 Å². The summed E-state index contributed by atoms with van der Waals surface area (Å²) >= 11 is 0. The molecule has 6 heteroatoms. The second kappa shape index (κ2) is 3.71. The minimum Gasteiger partial charge on any atom is -0.489 e. The van der Waals surface area contributed by atoms with E-state index in [1.165, 1.54) is 6.92 Å². The summed E-state index contributed by atoms with van der Waals surface area (Å²) in [7, 11) is 0. The Morgan fingerprint density at radius 2 is 2.25 bits per heavy atom. The molecule has 2 rings (SSSR count). The average molecular weight is 228 g/mol. The lowest BCUT2D eigenvalue weighted by Crippen LogP contribution is -2.38. The summed E-state index contributed by atoms with van der Waals surface area (Å²) in [5.74, 6) is -2.15. The first-order valence-electron chi connectivity index (χ1n) is 4.68. The molecule has 1 amide bonds. The lowest BCUT2D eigenvalue weighted by atomic mass is 10.1. The molecule has 1 aromatic rings. The number of carbonyl (C=O) groups is 1. The van der Waals surface area contributed by atoms with Crippen LogP contribution in [0.5, 0.6) is 5.75 Å². The highest BCUT2D eigenvalue weighted by Gasteiger charge is 2.25. The van der Waals surface area contributed by atoms with Gasteiger partial charge in [0, 0.05) is 11.6 Å². The molecule has 1 heterocycles. The van der Waals surface area contributed by atoms with Gasteiger partial charge in [0.05, 0.1) is 0 Å². The van der Waals surface area contributed by atoms with Crippen molar-refractivity contribution in [3.05, 3.63) is 23.3 Å². The summed E-state index contributed by atoms with van der Waals surface area (Å²) < 4.78 is 31.9. The van der Waals surface area contributed by atoms with E-state index in [-0.39, 0.29) is 23.6 Å². The third-order valence-electron chi connectivity index (χ3n) is 2.41. The largest absolute Gasteiger partial charge is 0.489 e. The molecule has 1 aliphatic heterocycles. The van der Waals surface area contributed by atoms with Crippen LogP contribution in [0, 0.1) is 18.6 Å². The molecule has 3 N–H and O–H groups in total. The first kappa shape index (κ1) is 10.8. The molecule has 0 radical (unpaired) electrons. The average Bonchev–Trinajstić information content (AvgIpc) is 2.39. The number of ether oxygens (including phenoxy) is 1. The zero-order valence-electron chi connectivity index (χ0n) is 8.51. The first-order chi connectivity index (χ1) is 7.50. The van der Waals surface area contributed by atoms with Crippen molar-refractivity contribution in [3.8, 4) is 5.75 Å². The van der Waals surface area contributed by atoms with Crippen LogP contribution in [0.3, 0.4) is 0 Å². The summed E-state index contributed by atoms with van der Waals surface area (Å²) in [5.41, 5.74) is 5.11. The molecule has 16 heavy (non-hydrogen) atoms. The second-order valence-electron chi connectivity index (χ2n) is 3.58. The molecule has 0 fully saturated rings. The van der Waals surface area contributed by atoms with Crippen molar-refractivity contribution in [2.75, 3.05) is 11.9 Å². The smallest absolute Gasteiger partial charge is 0.244 e. The fraction of sp³-hybridized carbons (Fsp3) is 0.300. The molecule has 1 unspecified atom stereocenters. The van der Waals surface area contributed by atoms with Gasteiger partial charge in [0.25, 0.3) is 0 Å².